The van der Waals surface area contributed by atoms with E-state index in [1.54, 1.807) is 6.92 Å². The highest BCUT2D eigenvalue weighted by atomic mass is 16.5. The van der Waals surface area contributed by atoms with Gasteiger partial charge >= 0.3 is 11.9 Å². The number of hydrogen-bond acceptors (Lipinski definition) is 5. The Morgan fingerprint density at radius 3 is 2.45 bits per heavy atom. The number of rotatable bonds is 5. The van der Waals surface area contributed by atoms with E-state index in [4.69, 9.17) is 14.6 Å². The van der Waals surface area contributed by atoms with Crippen molar-refractivity contribution < 1.29 is 29.3 Å². The first-order chi connectivity index (χ1) is 10.5. The predicted octanol–water partition coefficient (Wildman–Crippen LogP) is 2.59. The second kappa shape index (κ2) is 7.15. The van der Waals surface area contributed by atoms with Crippen molar-refractivity contribution in [1.82, 2.24) is 0 Å². The molecule has 0 amide bonds. The summed E-state index contributed by atoms with van der Waals surface area (Å²) in [7, 11) is 0. The average Bonchev–Trinajstić information content (AvgIpc) is 2.48. The van der Waals surface area contributed by atoms with Crippen LogP contribution in [-0.2, 0) is 9.53 Å². The first-order valence-electron chi connectivity index (χ1n) is 7.40. The van der Waals surface area contributed by atoms with Gasteiger partial charge in [0.2, 0.25) is 0 Å². The van der Waals surface area contributed by atoms with Crippen LogP contribution in [0.2, 0.25) is 0 Å². The minimum Gasteiger partial charge on any atom is -0.507 e. The summed E-state index contributed by atoms with van der Waals surface area (Å²) in [6.07, 6.45) is 2.84. The first kappa shape index (κ1) is 16.1. The molecular formula is C16H20O6. The minimum absolute atomic E-state index is 0.0410. The van der Waals surface area contributed by atoms with E-state index in [1.807, 2.05) is 0 Å². The molecule has 0 heterocycles. The third-order valence-electron chi connectivity index (χ3n) is 3.80. The molecular weight excluding hydrogens is 288 g/mol. The molecule has 1 aromatic carbocycles. The molecule has 6 nitrogen and oxygen atoms in total. The zero-order chi connectivity index (χ0) is 16.1. The van der Waals surface area contributed by atoms with Gasteiger partial charge in [-0.1, -0.05) is 0 Å². The number of aromatic carboxylic acids is 1. The van der Waals surface area contributed by atoms with Gasteiger partial charge < -0.3 is 19.7 Å². The third kappa shape index (κ3) is 3.90. The first-order valence-corrected chi connectivity index (χ1v) is 7.40. The van der Waals surface area contributed by atoms with Gasteiger partial charge in [0.15, 0.2) is 0 Å². The van der Waals surface area contributed by atoms with Gasteiger partial charge in [0.25, 0.3) is 0 Å². The lowest BCUT2D eigenvalue weighted by Gasteiger charge is -2.27. The normalized spacial score (nSPS) is 21.1. The highest BCUT2D eigenvalue weighted by molar-refractivity contribution is 5.90. The van der Waals surface area contributed by atoms with E-state index in [1.165, 1.54) is 18.2 Å². The van der Waals surface area contributed by atoms with Crippen LogP contribution in [0, 0.1) is 5.92 Å². The van der Waals surface area contributed by atoms with Crippen LogP contribution in [0.5, 0.6) is 11.5 Å². The highest BCUT2D eigenvalue weighted by Crippen LogP contribution is 2.30. The van der Waals surface area contributed by atoms with Gasteiger partial charge in [0.05, 0.1) is 18.6 Å². The summed E-state index contributed by atoms with van der Waals surface area (Å²) in [6, 6.07) is 4.15. The van der Waals surface area contributed by atoms with Crippen LogP contribution >= 0.6 is 0 Å². The number of hydrogen-bond donors (Lipinski definition) is 2. The Bertz CT molecular complexity index is 546. The van der Waals surface area contributed by atoms with Gasteiger partial charge in [-0.15, -0.1) is 0 Å². The Labute approximate surface area is 128 Å². The van der Waals surface area contributed by atoms with Gasteiger partial charge in [-0.2, -0.15) is 0 Å². The number of esters is 1. The molecule has 0 atom stereocenters. The summed E-state index contributed by atoms with van der Waals surface area (Å²) in [5.74, 6) is -1.28. The molecule has 22 heavy (non-hydrogen) atoms. The van der Waals surface area contributed by atoms with E-state index in [9.17, 15) is 14.7 Å². The van der Waals surface area contributed by atoms with Crippen LogP contribution in [0.4, 0.5) is 0 Å². The zero-order valence-corrected chi connectivity index (χ0v) is 12.4. The number of benzene rings is 1. The second-order valence-electron chi connectivity index (χ2n) is 5.33. The SMILES string of the molecule is CCOC(=O)[C@H]1CC[C@@H](Oc2ccc(C(=O)O)c(O)c2)CC1. The maximum atomic E-state index is 11.7. The van der Waals surface area contributed by atoms with Crippen molar-refractivity contribution in [3.8, 4) is 11.5 Å². The lowest BCUT2D eigenvalue weighted by atomic mass is 9.87. The van der Waals surface area contributed by atoms with Gasteiger partial charge in [0.1, 0.15) is 17.1 Å². The lowest BCUT2D eigenvalue weighted by molar-refractivity contribution is -0.149. The number of carbonyl (C=O) groups is 2. The van der Waals surface area contributed by atoms with Crippen molar-refractivity contribution in [2.24, 2.45) is 5.92 Å². The Kier molecular flexibility index (Phi) is 5.25. The maximum Gasteiger partial charge on any atom is 0.339 e. The maximum absolute atomic E-state index is 11.7. The number of carboxylic acid groups (broad SMARTS) is 1. The number of aromatic hydroxyl groups is 1. The van der Waals surface area contributed by atoms with Crippen molar-refractivity contribution in [1.29, 1.82) is 0 Å². The summed E-state index contributed by atoms with van der Waals surface area (Å²) in [5, 5.41) is 18.5. The Morgan fingerprint density at radius 1 is 1.23 bits per heavy atom. The minimum atomic E-state index is -1.18. The summed E-state index contributed by atoms with van der Waals surface area (Å²) in [5.41, 5.74) is -0.154. The summed E-state index contributed by atoms with van der Waals surface area (Å²) < 4.78 is 10.8. The molecule has 0 unspecified atom stereocenters. The smallest absolute Gasteiger partial charge is 0.339 e. The van der Waals surface area contributed by atoms with Crippen molar-refractivity contribution in [2.75, 3.05) is 6.61 Å². The molecule has 1 aliphatic rings. The third-order valence-corrected chi connectivity index (χ3v) is 3.80. The number of ether oxygens (including phenoxy) is 2. The Hall–Kier alpha value is -2.24. The highest BCUT2D eigenvalue weighted by Gasteiger charge is 2.28. The quantitative estimate of drug-likeness (QED) is 0.812. The van der Waals surface area contributed by atoms with E-state index in [0.29, 0.717) is 25.2 Å². The topological polar surface area (TPSA) is 93.1 Å². The van der Waals surface area contributed by atoms with Crippen LogP contribution in [0.25, 0.3) is 0 Å². The molecule has 2 rings (SSSR count). The van der Waals surface area contributed by atoms with E-state index in [0.717, 1.165) is 12.8 Å². The number of carbonyl (C=O) groups excluding carboxylic acids is 1. The molecule has 2 N–H and O–H groups in total. The van der Waals surface area contributed by atoms with Crippen molar-refractivity contribution in [3.63, 3.8) is 0 Å². The van der Waals surface area contributed by atoms with Crippen LogP contribution in [0.1, 0.15) is 43.0 Å². The molecule has 0 aromatic heterocycles. The molecule has 120 valence electrons. The molecule has 6 heteroatoms. The fourth-order valence-electron chi connectivity index (χ4n) is 2.63. The molecule has 0 spiro atoms. The van der Waals surface area contributed by atoms with Gasteiger partial charge in [-0.05, 0) is 44.7 Å². The van der Waals surface area contributed by atoms with Crippen molar-refractivity contribution >= 4 is 11.9 Å². The van der Waals surface area contributed by atoms with Gasteiger partial charge in [-0.25, -0.2) is 4.79 Å². The van der Waals surface area contributed by atoms with Crippen LogP contribution in [0.3, 0.4) is 0 Å². The molecule has 0 radical (unpaired) electrons. The van der Waals surface area contributed by atoms with Crippen molar-refractivity contribution in [2.45, 2.75) is 38.7 Å². The molecule has 0 aliphatic heterocycles. The fourth-order valence-corrected chi connectivity index (χ4v) is 2.63. The largest absolute Gasteiger partial charge is 0.507 e. The summed E-state index contributed by atoms with van der Waals surface area (Å²) in [6.45, 7) is 2.18. The van der Waals surface area contributed by atoms with E-state index in [2.05, 4.69) is 0 Å². The Morgan fingerprint density at radius 2 is 1.91 bits per heavy atom. The number of phenols is 1. The zero-order valence-electron chi connectivity index (χ0n) is 12.4. The summed E-state index contributed by atoms with van der Waals surface area (Å²) in [4.78, 5) is 22.5. The molecule has 1 aliphatic carbocycles. The van der Waals surface area contributed by atoms with Crippen LogP contribution in [0.15, 0.2) is 18.2 Å². The molecule has 1 aromatic rings. The van der Waals surface area contributed by atoms with E-state index < -0.39 is 5.97 Å². The average molecular weight is 308 g/mol. The van der Waals surface area contributed by atoms with Gasteiger partial charge in [-0.3, -0.25) is 4.79 Å². The molecule has 1 saturated carbocycles. The van der Waals surface area contributed by atoms with E-state index in [-0.39, 0.29) is 29.3 Å². The molecule has 1 fully saturated rings. The fraction of sp³-hybridized carbons (Fsp3) is 0.500. The van der Waals surface area contributed by atoms with E-state index >= 15 is 0 Å². The summed E-state index contributed by atoms with van der Waals surface area (Å²) >= 11 is 0. The van der Waals surface area contributed by atoms with Crippen LogP contribution in [-0.4, -0.2) is 34.9 Å². The molecule has 0 bridgehead atoms. The predicted molar refractivity (Wildman–Crippen MR) is 78.1 cm³/mol. The second-order valence-corrected chi connectivity index (χ2v) is 5.33. The standard InChI is InChI=1S/C16H20O6/c1-2-21-16(20)10-3-5-11(6-4-10)22-12-7-8-13(15(18)19)14(17)9-12/h7-11,17H,2-6H2,1H3,(H,18,19)/t10-,11+. The number of carboxylic acids is 1. The lowest BCUT2D eigenvalue weighted by Crippen LogP contribution is -2.29. The van der Waals surface area contributed by atoms with Crippen molar-refractivity contribution in [3.05, 3.63) is 23.8 Å². The Balaban J connectivity index is 1.90. The van der Waals surface area contributed by atoms with Crippen LogP contribution < -0.4 is 4.74 Å². The van der Waals surface area contributed by atoms with Gasteiger partial charge in [0, 0.05) is 6.07 Å². The monoisotopic (exact) mass is 308 g/mol. The molecule has 0 saturated heterocycles.